The van der Waals surface area contributed by atoms with Crippen LogP contribution in [0.3, 0.4) is 0 Å². The number of benzene rings is 1. The highest BCUT2D eigenvalue weighted by Crippen LogP contribution is 2.30. The summed E-state index contributed by atoms with van der Waals surface area (Å²) < 4.78 is 10.8. The van der Waals surface area contributed by atoms with Crippen LogP contribution in [0.4, 0.5) is 4.79 Å². The number of carbonyl (C=O) groups excluding carboxylic acids is 1. The molecule has 0 aromatic heterocycles. The van der Waals surface area contributed by atoms with Crippen LogP contribution >= 0.6 is 0 Å². The third-order valence-electron chi connectivity index (χ3n) is 3.81. The fraction of sp³-hybridized carbons (Fsp3) is 0.533. The Morgan fingerprint density at radius 2 is 2.20 bits per heavy atom. The van der Waals surface area contributed by atoms with Crippen LogP contribution in [0.5, 0.6) is 0 Å². The van der Waals surface area contributed by atoms with Gasteiger partial charge in [-0.05, 0) is 24.0 Å². The number of amides is 2. The lowest BCUT2D eigenvalue weighted by Gasteiger charge is -2.23. The van der Waals surface area contributed by atoms with Crippen molar-refractivity contribution in [3.8, 4) is 0 Å². The Labute approximate surface area is 118 Å². The van der Waals surface area contributed by atoms with E-state index in [4.69, 9.17) is 9.47 Å². The number of fused-ring (bicyclic) bond motifs is 1. The molecule has 2 atom stereocenters. The van der Waals surface area contributed by atoms with Crippen LogP contribution in [0.1, 0.15) is 23.6 Å². The predicted octanol–water partition coefficient (Wildman–Crippen LogP) is 1.39. The minimum atomic E-state index is -0.138. The maximum absolute atomic E-state index is 11.9. The van der Waals surface area contributed by atoms with Gasteiger partial charge in [-0.15, -0.1) is 0 Å². The lowest BCUT2D eigenvalue weighted by Crippen LogP contribution is -2.44. The van der Waals surface area contributed by atoms with Gasteiger partial charge in [0.15, 0.2) is 0 Å². The van der Waals surface area contributed by atoms with Crippen LogP contribution in [0.2, 0.25) is 0 Å². The van der Waals surface area contributed by atoms with Crippen molar-refractivity contribution in [1.29, 1.82) is 0 Å². The Bertz CT molecular complexity index is 472. The smallest absolute Gasteiger partial charge is 0.315 e. The monoisotopic (exact) mass is 276 g/mol. The highest BCUT2D eigenvalue weighted by atomic mass is 16.6. The number of urea groups is 1. The molecule has 1 heterocycles. The first-order valence-electron chi connectivity index (χ1n) is 7.14. The second-order valence-corrected chi connectivity index (χ2v) is 5.21. The zero-order valence-electron chi connectivity index (χ0n) is 11.4. The van der Waals surface area contributed by atoms with Crippen LogP contribution in [-0.4, -0.2) is 38.5 Å². The van der Waals surface area contributed by atoms with E-state index >= 15 is 0 Å². The molecule has 1 aliphatic carbocycles. The van der Waals surface area contributed by atoms with Crippen LogP contribution in [0.15, 0.2) is 24.3 Å². The molecule has 1 saturated heterocycles. The molecular weight excluding hydrogens is 256 g/mol. The molecule has 1 aromatic rings. The van der Waals surface area contributed by atoms with Gasteiger partial charge in [-0.2, -0.15) is 0 Å². The van der Waals surface area contributed by atoms with Crippen LogP contribution < -0.4 is 10.6 Å². The Kier molecular flexibility index (Phi) is 4.18. The molecule has 0 saturated carbocycles. The molecule has 108 valence electrons. The topological polar surface area (TPSA) is 59.6 Å². The normalized spacial score (nSPS) is 25.0. The molecule has 2 amide bonds. The van der Waals surface area contributed by atoms with Gasteiger partial charge in [0.2, 0.25) is 0 Å². The van der Waals surface area contributed by atoms with Crippen molar-refractivity contribution < 1.29 is 14.3 Å². The van der Waals surface area contributed by atoms with Crippen LogP contribution in [0.25, 0.3) is 0 Å². The Balaban J connectivity index is 1.47. The van der Waals surface area contributed by atoms with Crippen LogP contribution in [0, 0.1) is 0 Å². The van der Waals surface area contributed by atoms with Crippen molar-refractivity contribution in [3.63, 3.8) is 0 Å². The summed E-state index contributed by atoms with van der Waals surface area (Å²) in [4.78, 5) is 11.9. The minimum absolute atomic E-state index is 0.0367. The highest BCUT2D eigenvalue weighted by Gasteiger charge is 2.23. The number of carbonyl (C=O) groups is 1. The summed E-state index contributed by atoms with van der Waals surface area (Å²) in [5.74, 6) is 0. The number of ether oxygens (including phenoxy) is 2. The van der Waals surface area contributed by atoms with E-state index in [9.17, 15) is 4.79 Å². The lowest BCUT2D eigenvalue weighted by atomic mass is 10.1. The fourth-order valence-electron chi connectivity index (χ4n) is 2.78. The molecule has 0 spiro atoms. The van der Waals surface area contributed by atoms with Crippen LogP contribution in [-0.2, 0) is 15.9 Å². The number of hydrogen-bond acceptors (Lipinski definition) is 3. The van der Waals surface area contributed by atoms with Gasteiger partial charge in [-0.3, -0.25) is 0 Å². The molecule has 1 fully saturated rings. The molecule has 2 N–H and O–H groups in total. The van der Waals surface area contributed by atoms with E-state index in [-0.39, 0.29) is 18.2 Å². The van der Waals surface area contributed by atoms with Crippen molar-refractivity contribution >= 4 is 6.03 Å². The van der Waals surface area contributed by atoms with Crippen molar-refractivity contribution in [2.75, 3.05) is 26.4 Å². The van der Waals surface area contributed by atoms with E-state index in [1.807, 2.05) is 12.1 Å². The SMILES string of the molecule is O=C(NC[C@@H]1COCCO1)N[C@@H]1CCc2ccccc21. The van der Waals surface area contributed by atoms with E-state index in [1.54, 1.807) is 0 Å². The Morgan fingerprint density at radius 1 is 1.30 bits per heavy atom. The summed E-state index contributed by atoms with van der Waals surface area (Å²) in [5, 5.41) is 5.88. The van der Waals surface area contributed by atoms with Gasteiger partial charge in [0.05, 0.1) is 32.0 Å². The average molecular weight is 276 g/mol. The average Bonchev–Trinajstić information content (AvgIpc) is 2.90. The van der Waals surface area contributed by atoms with Crippen molar-refractivity contribution in [3.05, 3.63) is 35.4 Å². The number of hydrogen-bond donors (Lipinski definition) is 2. The zero-order chi connectivity index (χ0) is 13.8. The second-order valence-electron chi connectivity index (χ2n) is 5.21. The first-order chi connectivity index (χ1) is 9.83. The first-order valence-corrected chi connectivity index (χ1v) is 7.14. The molecule has 20 heavy (non-hydrogen) atoms. The number of aryl methyl sites for hydroxylation is 1. The third kappa shape index (κ3) is 3.11. The van der Waals surface area contributed by atoms with Gasteiger partial charge in [0, 0.05) is 6.54 Å². The molecule has 5 heteroatoms. The highest BCUT2D eigenvalue weighted by molar-refractivity contribution is 5.74. The molecule has 1 aromatic carbocycles. The Morgan fingerprint density at radius 3 is 3.05 bits per heavy atom. The van der Waals surface area contributed by atoms with Gasteiger partial charge in [-0.1, -0.05) is 24.3 Å². The van der Waals surface area contributed by atoms with E-state index < -0.39 is 0 Å². The van der Waals surface area contributed by atoms with E-state index in [0.29, 0.717) is 26.4 Å². The summed E-state index contributed by atoms with van der Waals surface area (Å²) in [6.45, 7) is 2.28. The van der Waals surface area contributed by atoms with Gasteiger partial charge in [0.25, 0.3) is 0 Å². The number of rotatable bonds is 3. The quantitative estimate of drug-likeness (QED) is 0.877. The maximum Gasteiger partial charge on any atom is 0.315 e. The van der Waals surface area contributed by atoms with Crippen molar-refractivity contribution in [2.24, 2.45) is 0 Å². The maximum atomic E-state index is 11.9. The van der Waals surface area contributed by atoms with E-state index in [2.05, 4.69) is 22.8 Å². The second kappa shape index (κ2) is 6.24. The van der Waals surface area contributed by atoms with Gasteiger partial charge >= 0.3 is 6.03 Å². The molecule has 0 unspecified atom stereocenters. The van der Waals surface area contributed by atoms with Crippen molar-refractivity contribution in [1.82, 2.24) is 10.6 Å². The molecule has 2 aliphatic rings. The van der Waals surface area contributed by atoms with Crippen molar-refractivity contribution in [2.45, 2.75) is 25.0 Å². The van der Waals surface area contributed by atoms with Gasteiger partial charge in [0.1, 0.15) is 0 Å². The first kappa shape index (κ1) is 13.4. The third-order valence-corrected chi connectivity index (χ3v) is 3.81. The fourth-order valence-corrected chi connectivity index (χ4v) is 2.78. The lowest BCUT2D eigenvalue weighted by molar-refractivity contribution is -0.0853. The summed E-state index contributed by atoms with van der Waals surface area (Å²) in [7, 11) is 0. The standard InChI is InChI=1S/C15H20N2O3/c18-15(16-9-12-10-19-7-8-20-12)17-14-6-5-11-3-1-2-4-13(11)14/h1-4,12,14H,5-10H2,(H2,16,17,18)/t12-,14-/m1/s1. The Hall–Kier alpha value is -1.59. The molecule has 1 aliphatic heterocycles. The molecule has 3 rings (SSSR count). The summed E-state index contributed by atoms with van der Waals surface area (Å²) in [6, 6.07) is 8.26. The molecule has 0 bridgehead atoms. The van der Waals surface area contributed by atoms with Gasteiger partial charge < -0.3 is 20.1 Å². The number of nitrogens with one attached hydrogen (secondary N) is 2. The zero-order valence-corrected chi connectivity index (χ0v) is 11.4. The largest absolute Gasteiger partial charge is 0.376 e. The van der Waals surface area contributed by atoms with E-state index in [0.717, 1.165) is 12.8 Å². The predicted molar refractivity (Wildman–Crippen MR) is 74.6 cm³/mol. The minimum Gasteiger partial charge on any atom is -0.376 e. The molecular formula is C15H20N2O3. The summed E-state index contributed by atoms with van der Waals surface area (Å²) >= 11 is 0. The summed E-state index contributed by atoms with van der Waals surface area (Å²) in [5.41, 5.74) is 2.57. The van der Waals surface area contributed by atoms with E-state index in [1.165, 1.54) is 11.1 Å². The molecule has 5 nitrogen and oxygen atoms in total. The van der Waals surface area contributed by atoms with Gasteiger partial charge in [-0.25, -0.2) is 4.79 Å². The molecule has 0 radical (unpaired) electrons. The summed E-state index contributed by atoms with van der Waals surface area (Å²) in [6.07, 6.45) is 1.96.